The lowest BCUT2D eigenvalue weighted by molar-refractivity contribution is -0.137. The summed E-state index contributed by atoms with van der Waals surface area (Å²) in [4.78, 5) is 9.59. The third-order valence-corrected chi connectivity index (χ3v) is 1.80. The second-order valence-corrected chi connectivity index (χ2v) is 3.19. The number of rotatable bonds is 6. The van der Waals surface area contributed by atoms with Gasteiger partial charge in [-0.25, -0.2) is 0 Å². The molecule has 0 atom stereocenters. The van der Waals surface area contributed by atoms with Crippen LogP contribution >= 0.6 is 0 Å². The van der Waals surface area contributed by atoms with Crippen molar-refractivity contribution in [2.75, 3.05) is 13.7 Å². The third-order valence-electron chi connectivity index (χ3n) is 1.80. The summed E-state index contributed by atoms with van der Waals surface area (Å²) < 4.78 is 4.11. The Morgan fingerprint density at radius 3 is 1.93 bits per heavy atom. The molecule has 0 heterocycles. The van der Waals surface area contributed by atoms with E-state index in [1.807, 2.05) is 0 Å². The maximum Gasteiger partial charge on any atom is 0.302 e. The van der Waals surface area contributed by atoms with E-state index in [1.165, 1.54) is 46.1 Å². The summed E-state index contributed by atoms with van der Waals surface area (Å²) in [6.45, 7) is 3.94. The minimum absolute atomic E-state index is 0.245. The molecule has 14 heavy (non-hydrogen) atoms. The number of aliphatic hydroxyl groups is 1. The fraction of sp³-hybridized carbons (Fsp3) is 0.909. The highest BCUT2D eigenvalue weighted by molar-refractivity contribution is 5.65. The van der Waals surface area contributed by atoms with Crippen molar-refractivity contribution in [2.24, 2.45) is 0 Å². The minimum Gasteiger partial charge on any atom is -0.469 e. The van der Waals surface area contributed by atoms with E-state index in [0.29, 0.717) is 6.61 Å². The van der Waals surface area contributed by atoms with E-state index >= 15 is 0 Å². The first-order valence-electron chi connectivity index (χ1n) is 5.34. The van der Waals surface area contributed by atoms with Gasteiger partial charge in [-0.1, -0.05) is 39.0 Å². The molecule has 0 amide bonds. The first-order valence-corrected chi connectivity index (χ1v) is 5.34. The topological polar surface area (TPSA) is 46.5 Å². The van der Waals surface area contributed by atoms with Crippen LogP contribution in [0.25, 0.3) is 0 Å². The Balaban J connectivity index is 0. The van der Waals surface area contributed by atoms with Crippen LogP contribution in [-0.2, 0) is 9.53 Å². The average Bonchev–Trinajstić information content (AvgIpc) is 2.19. The number of hydrogen-bond acceptors (Lipinski definition) is 3. The number of esters is 1. The number of hydrogen-bond donors (Lipinski definition) is 1. The summed E-state index contributed by atoms with van der Waals surface area (Å²) in [6, 6.07) is 0. The lowest BCUT2D eigenvalue weighted by atomic mass is 10.1. The van der Waals surface area contributed by atoms with Gasteiger partial charge >= 0.3 is 5.97 Å². The van der Waals surface area contributed by atoms with Crippen molar-refractivity contribution in [1.29, 1.82) is 0 Å². The molecule has 0 bridgehead atoms. The van der Waals surface area contributed by atoms with Gasteiger partial charge in [-0.05, 0) is 6.42 Å². The van der Waals surface area contributed by atoms with Crippen LogP contribution in [0.4, 0.5) is 0 Å². The van der Waals surface area contributed by atoms with E-state index in [2.05, 4.69) is 11.7 Å². The van der Waals surface area contributed by atoms with Crippen LogP contribution in [0.15, 0.2) is 0 Å². The average molecular weight is 204 g/mol. The molecule has 0 aliphatic rings. The predicted octanol–water partition coefficient (Wildman–Crippen LogP) is 2.52. The number of ether oxygens (including phenoxy) is 1. The highest BCUT2D eigenvalue weighted by atomic mass is 16.5. The summed E-state index contributed by atoms with van der Waals surface area (Å²) in [5, 5.41) is 8.42. The van der Waals surface area contributed by atoms with Crippen molar-refractivity contribution in [3.63, 3.8) is 0 Å². The number of carbonyl (C=O) groups excluding carboxylic acids is 1. The molecule has 0 aliphatic heterocycles. The van der Waals surface area contributed by atoms with Crippen molar-refractivity contribution in [3.05, 3.63) is 0 Å². The maximum atomic E-state index is 9.59. The van der Waals surface area contributed by atoms with Crippen molar-refractivity contribution in [1.82, 2.24) is 0 Å². The van der Waals surface area contributed by atoms with Gasteiger partial charge in [0.15, 0.2) is 0 Å². The smallest absolute Gasteiger partial charge is 0.302 e. The normalized spacial score (nSPS) is 8.86. The summed E-state index contributed by atoms with van der Waals surface area (Å²) in [7, 11) is 1.35. The Hall–Kier alpha value is -0.570. The van der Waals surface area contributed by atoms with Crippen LogP contribution in [0.5, 0.6) is 0 Å². The number of methoxy groups -OCH3 is 1. The van der Waals surface area contributed by atoms with Gasteiger partial charge < -0.3 is 9.84 Å². The molecule has 0 saturated heterocycles. The molecule has 0 saturated carbocycles. The molecule has 0 spiro atoms. The summed E-state index contributed by atoms with van der Waals surface area (Å²) in [6.07, 6.45) is 7.50. The molecule has 0 radical (unpaired) electrons. The van der Waals surface area contributed by atoms with E-state index in [-0.39, 0.29) is 5.97 Å². The fourth-order valence-corrected chi connectivity index (χ4v) is 0.892. The van der Waals surface area contributed by atoms with Crippen LogP contribution in [0.3, 0.4) is 0 Å². The summed E-state index contributed by atoms with van der Waals surface area (Å²) in [5.41, 5.74) is 0. The van der Waals surface area contributed by atoms with Crippen molar-refractivity contribution in [3.8, 4) is 0 Å². The second-order valence-electron chi connectivity index (χ2n) is 3.19. The van der Waals surface area contributed by atoms with Gasteiger partial charge in [-0.2, -0.15) is 0 Å². The Labute approximate surface area is 87.5 Å². The van der Waals surface area contributed by atoms with E-state index in [4.69, 9.17) is 5.11 Å². The molecule has 0 unspecified atom stereocenters. The first-order chi connectivity index (χ1) is 6.68. The van der Waals surface area contributed by atoms with E-state index in [9.17, 15) is 4.79 Å². The van der Waals surface area contributed by atoms with Gasteiger partial charge in [0.2, 0.25) is 0 Å². The molecule has 1 N–H and O–H groups in total. The monoisotopic (exact) mass is 204 g/mol. The Kier molecular flexibility index (Phi) is 16.9. The van der Waals surface area contributed by atoms with Crippen LogP contribution in [0.1, 0.15) is 52.4 Å². The lowest BCUT2D eigenvalue weighted by Gasteiger charge is -1.95. The van der Waals surface area contributed by atoms with Crippen LogP contribution in [-0.4, -0.2) is 24.8 Å². The Morgan fingerprint density at radius 1 is 1.14 bits per heavy atom. The van der Waals surface area contributed by atoms with Gasteiger partial charge in [-0.15, -0.1) is 0 Å². The molecule has 0 fully saturated rings. The molecule has 0 aromatic heterocycles. The number of unbranched alkanes of at least 4 members (excludes halogenated alkanes) is 5. The molecule has 0 aromatic carbocycles. The number of aliphatic hydroxyl groups excluding tert-OH is 1. The third kappa shape index (κ3) is 22.5. The molecule has 3 nitrogen and oxygen atoms in total. The maximum absolute atomic E-state index is 9.59. The molecule has 0 aliphatic carbocycles. The molecule has 3 heteroatoms. The fourth-order valence-electron chi connectivity index (χ4n) is 0.892. The zero-order chi connectivity index (χ0) is 11.2. The van der Waals surface area contributed by atoms with Crippen molar-refractivity contribution < 1.29 is 14.6 Å². The quantitative estimate of drug-likeness (QED) is 0.534. The van der Waals surface area contributed by atoms with Gasteiger partial charge in [-0.3, -0.25) is 4.79 Å². The van der Waals surface area contributed by atoms with E-state index in [0.717, 1.165) is 6.42 Å². The highest BCUT2D eigenvalue weighted by Gasteiger charge is 1.86. The van der Waals surface area contributed by atoms with Gasteiger partial charge in [0.1, 0.15) is 0 Å². The van der Waals surface area contributed by atoms with Gasteiger partial charge in [0, 0.05) is 13.5 Å². The molecule has 0 aromatic rings. The predicted molar refractivity (Wildman–Crippen MR) is 58.2 cm³/mol. The van der Waals surface area contributed by atoms with Crippen molar-refractivity contribution >= 4 is 5.97 Å². The highest BCUT2D eigenvalue weighted by Crippen LogP contribution is 2.03. The lowest BCUT2D eigenvalue weighted by Crippen LogP contribution is -1.88. The molecular weight excluding hydrogens is 180 g/mol. The minimum atomic E-state index is -0.245. The largest absolute Gasteiger partial charge is 0.469 e. The van der Waals surface area contributed by atoms with Crippen LogP contribution in [0.2, 0.25) is 0 Å². The molecule has 0 rings (SSSR count). The first kappa shape index (κ1) is 15.9. The van der Waals surface area contributed by atoms with Gasteiger partial charge in [0.05, 0.1) is 7.11 Å². The standard InChI is InChI=1S/C8H18O.C3H6O2/c1-2-3-4-5-6-7-8-9;1-3(4)5-2/h9H,2-8H2,1H3;1-2H3. The molecular formula is C11H24O3. The van der Waals surface area contributed by atoms with Crippen LogP contribution in [0, 0.1) is 0 Å². The zero-order valence-corrected chi connectivity index (χ0v) is 9.71. The Morgan fingerprint density at radius 2 is 1.57 bits per heavy atom. The molecule has 86 valence electrons. The van der Waals surface area contributed by atoms with Crippen molar-refractivity contribution in [2.45, 2.75) is 52.4 Å². The summed E-state index contributed by atoms with van der Waals surface area (Å²) in [5.74, 6) is -0.245. The summed E-state index contributed by atoms with van der Waals surface area (Å²) >= 11 is 0. The Bertz CT molecular complexity index is 107. The SMILES string of the molecule is CCCCCCCCO.COC(C)=O. The van der Waals surface area contributed by atoms with E-state index < -0.39 is 0 Å². The van der Waals surface area contributed by atoms with Gasteiger partial charge in [0.25, 0.3) is 0 Å². The second kappa shape index (κ2) is 14.9. The zero-order valence-electron chi connectivity index (χ0n) is 9.71. The van der Waals surface area contributed by atoms with E-state index in [1.54, 1.807) is 0 Å². The van der Waals surface area contributed by atoms with Crippen LogP contribution < -0.4 is 0 Å². The number of carbonyl (C=O) groups is 1.